The summed E-state index contributed by atoms with van der Waals surface area (Å²) in [6.45, 7) is 13.9. The number of benzene rings is 1. The first kappa shape index (κ1) is 25.1. The number of rotatable bonds is 4. The van der Waals surface area contributed by atoms with Crippen molar-refractivity contribution in [3.63, 3.8) is 0 Å². The van der Waals surface area contributed by atoms with Crippen LogP contribution in [0.3, 0.4) is 0 Å². The molecule has 0 saturated heterocycles. The molecule has 0 aliphatic heterocycles. The summed E-state index contributed by atoms with van der Waals surface area (Å²) in [7, 11) is 0. The van der Waals surface area contributed by atoms with Crippen molar-refractivity contribution in [1.82, 2.24) is 0 Å². The van der Waals surface area contributed by atoms with Crippen molar-refractivity contribution in [3.8, 4) is 0 Å². The Hall–Kier alpha value is -2.21. The van der Waals surface area contributed by atoms with Gasteiger partial charge in [0.2, 0.25) is 0 Å². The van der Waals surface area contributed by atoms with Crippen molar-refractivity contribution in [3.05, 3.63) is 35.4 Å². The number of aliphatic hydroxyl groups is 1. The maximum Gasteiger partial charge on any atom is 0.317 e. The molecule has 0 bridgehead atoms. The van der Waals surface area contributed by atoms with E-state index < -0.39 is 52.3 Å². The number of hydrogen-bond acceptors (Lipinski definition) is 6. The molecule has 1 aliphatic carbocycles. The third kappa shape index (κ3) is 6.16. The number of aryl methyl sites for hydroxylation is 1. The number of ketones is 1. The van der Waals surface area contributed by atoms with Gasteiger partial charge in [0.05, 0.1) is 11.5 Å². The molecule has 1 aromatic rings. The van der Waals surface area contributed by atoms with Crippen LogP contribution in [0.2, 0.25) is 0 Å². The monoisotopic (exact) mass is 432 g/mol. The topological polar surface area (TPSA) is 89.9 Å². The molecule has 0 unspecified atom stereocenters. The predicted octanol–water partition coefficient (Wildman–Crippen LogP) is 3.97. The normalized spacial score (nSPS) is 27.0. The fourth-order valence-electron chi connectivity index (χ4n) is 4.12. The van der Waals surface area contributed by atoms with Gasteiger partial charge in [-0.1, -0.05) is 31.2 Å². The maximum absolute atomic E-state index is 13.3. The van der Waals surface area contributed by atoms with E-state index in [0.717, 1.165) is 12.0 Å². The predicted molar refractivity (Wildman–Crippen MR) is 117 cm³/mol. The molecule has 172 valence electrons. The summed E-state index contributed by atoms with van der Waals surface area (Å²) in [5.41, 5.74) is -1.54. The lowest BCUT2D eigenvalue weighted by Gasteiger charge is -2.44. The van der Waals surface area contributed by atoms with Crippen molar-refractivity contribution in [2.75, 3.05) is 0 Å². The van der Waals surface area contributed by atoms with E-state index in [9.17, 15) is 19.5 Å². The van der Waals surface area contributed by atoms with Crippen molar-refractivity contribution < 1.29 is 29.0 Å². The second-order valence-corrected chi connectivity index (χ2v) is 10.6. The molecule has 0 aromatic heterocycles. The molecular formula is C25H36O6. The zero-order valence-corrected chi connectivity index (χ0v) is 19.9. The molecular weight excluding hydrogens is 396 g/mol. The fourth-order valence-corrected chi connectivity index (χ4v) is 4.12. The lowest BCUT2D eigenvalue weighted by atomic mass is 9.61. The van der Waals surface area contributed by atoms with E-state index in [2.05, 4.69) is 0 Å². The average molecular weight is 433 g/mol. The molecule has 4 atom stereocenters. The minimum Gasteiger partial charge on any atom is -0.460 e. The molecule has 1 N–H and O–H groups in total. The van der Waals surface area contributed by atoms with Crippen LogP contribution in [0.4, 0.5) is 0 Å². The van der Waals surface area contributed by atoms with Crippen LogP contribution in [-0.4, -0.2) is 39.6 Å². The molecule has 1 fully saturated rings. The maximum atomic E-state index is 13.3. The van der Waals surface area contributed by atoms with Crippen LogP contribution in [-0.2, 0) is 30.3 Å². The molecule has 31 heavy (non-hydrogen) atoms. The molecule has 0 heterocycles. The van der Waals surface area contributed by atoms with E-state index in [-0.39, 0.29) is 6.42 Å². The van der Waals surface area contributed by atoms with Crippen LogP contribution in [0.5, 0.6) is 0 Å². The number of ether oxygens (including phenoxy) is 2. The number of hydrogen-bond donors (Lipinski definition) is 1. The summed E-state index contributed by atoms with van der Waals surface area (Å²) in [4.78, 5) is 39.5. The van der Waals surface area contributed by atoms with Crippen LogP contribution in [0.15, 0.2) is 24.3 Å². The van der Waals surface area contributed by atoms with E-state index in [0.29, 0.717) is 5.56 Å². The van der Waals surface area contributed by atoms with Crippen molar-refractivity contribution in [1.29, 1.82) is 0 Å². The van der Waals surface area contributed by atoms with Crippen LogP contribution < -0.4 is 0 Å². The average Bonchev–Trinajstić information content (AvgIpc) is 2.56. The van der Waals surface area contributed by atoms with Gasteiger partial charge >= 0.3 is 11.9 Å². The summed E-state index contributed by atoms with van der Waals surface area (Å²) in [5, 5.41) is 11.2. The molecule has 0 radical (unpaired) electrons. The number of carbonyl (C=O) groups excluding carboxylic acids is 3. The third-order valence-electron chi connectivity index (χ3n) is 5.36. The summed E-state index contributed by atoms with van der Waals surface area (Å²) in [6, 6.07) is 7.43. The summed E-state index contributed by atoms with van der Waals surface area (Å²) in [5.74, 6) is -4.97. The second-order valence-electron chi connectivity index (χ2n) is 10.6. The van der Waals surface area contributed by atoms with Gasteiger partial charge in [0.1, 0.15) is 17.1 Å². The van der Waals surface area contributed by atoms with E-state index in [1.807, 2.05) is 31.2 Å². The van der Waals surface area contributed by atoms with Crippen LogP contribution in [0, 0.1) is 11.8 Å². The molecule has 2 rings (SSSR count). The van der Waals surface area contributed by atoms with Gasteiger partial charge in [-0.3, -0.25) is 14.4 Å². The molecule has 1 aromatic carbocycles. The van der Waals surface area contributed by atoms with E-state index >= 15 is 0 Å². The highest BCUT2D eigenvalue weighted by Crippen LogP contribution is 2.47. The lowest BCUT2D eigenvalue weighted by molar-refractivity contribution is -0.182. The van der Waals surface area contributed by atoms with Gasteiger partial charge in [-0.15, -0.1) is 0 Å². The standard InChI is InChI=1S/C25H36O6/c1-9-15-10-12-16(13-11-15)18-19(21(27)30-23(2,3)4)17(26)14-25(8,29)20(18)22(28)31-24(5,6)7/h10-13,18-20,29H,9,14H2,1-8H3/t18-,19+,20-,25+/m0/s1. The number of carbonyl (C=O) groups is 3. The Bertz CT molecular complexity index is 823. The van der Waals surface area contributed by atoms with Crippen LogP contribution >= 0.6 is 0 Å². The minimum atomic E-state index is -1.66. The Morgan fingerprint density at radius 2 is 1.48 bits per heavy atom. The first-order valence-electron chi connectivity index (χ1n) is 10.9. The molecule has 6 nitrogen and oxygen atoms in total. The summed E-state index contributed by atoms with van der Waals surface area (Å²) >= 11 is 0. The van der Waals surface area contributed by atoms with Gasteiger partial charge in [0.25, 0.3) is 0 Å². The van der Waals surface area contributed by atoms with E-state index in [4.69, 9.17) is 9.47 Å². The van der Waals surface area contributed by atoms with Gasteiger partial charge < -0.3 is 14.6 Å². The Morgan fingerprint density at radius 3 is 1.94 bits per heavy atom. The lowest BCUT2D eigenvalue weighted by Crippen LogP contribution is -2.56. The molecule has 0 amide bonds. The SMILES string of the molecule is CCc1ccc([C@H]2[C@H](C(=O)OC(C)(C)C)C(=O)C[C@@](C)(O)[C@@H]2C(=O)OC(C)(C)C)cc1. The molecule has 1 aliphatic rings. The van der Waals surface area contributed by atoms with Gasteiger partial charge in [-0.05, 0) is 66.0 Å². The van der Waals surface area contributed by atoms with Crippen molar-refractivity contribution >= 4 is 17.7 Å². The first-order chi connectivity index (χ1) is 14.1. The minimum absolute atomic E-state index is 0.329. The van der Waals surface area contributed by atoms with E-state index in [1.54, 1.807) is 41.5 Å². The summed E-state index contributed by atoms with van der Waals surface area (Å²) in [6.07, 6.45) is 0.497. The van der Waals surface area contributed by atoms with Gasteiger partial charge in [-0.2, -0.15) is 0 Å². The van der Waals surface area contributed by atoms with Gasteiger partial charge in [0, 0.05) is 12.3 Å². The largest absolute Gasteiger partial charge is 0.460 e. The van der Waals surface area contributed by atoms with Crippen molar-refractivity contribution in [2.24, 2.45) is 11.8 Å². The molecule has 6 heteroatoms. The zero-order chi connectivity index (χ0) is 23.8. The Kier molecular flexibility index (Phi) is 7.06. The van der Waals surface area contributed by atoms with Crippen molar-refractivity contribution in [2.45, 2.75) is 91.0 Å². The highest BCUT2D eigenvalue weighted by Gasteiger charge is 2.57. The quantitative estimate of drug-likeness (QED) is 0.572. The number of esters is 2. The molecule has 0 spiro atoms. The molecule has 1 saturated carbocycles. The Morgan fingerprint density at radius 1 is 1.00 bits per heavy atom. The smallest absolute Gasteiger partial charge is 0.317 e. The van der Waals surface area contributed by atoms with E-state index in [1.165, 1.54) is 6.92 Å². The Labute approximate surface area is 185 Å². The first-order valence-corrected chi connectivity index (χ1v) is 10.9. The fraction of sp³-hybridized carbons (Fsp3) is 0.640. The number of Topliss-reactive ketones (excluding diaryl/α,β-unsaturated/α-hetero) is 1. The van der Waals surface area contributed by atoms with Gasteiger partial charge in [0.15, 0.2) is 5.78 Å². The van der Waals surface area contributed by atoms with Crippen LogP contribution in [0.1, 0.15) is 78.9 Å². The third-order valence-corrected chi connectivity index (χ3v) is 5.36. The zero-order valence-electron chi connectivity index (χ0n) is 19.9. The highest BCUT2D eigenvalue weighted by molar-refractivity contribution is 6.03. The summed E-state index contributed by atoms with van der Waals surface area (Å²) < 4.78 is 11.2. The second kappa shape index (κ2) is 8.73. The van der Waals surface area contributed by atoms with Crippen LogP contribution in [0.25, 0.3) is 0 Å². The van der Waals surface area contributed by atoms with Gasteiger partial charge in [-0.25, -0.2) is 0 Å². The Balaban J connectivity index is 2.63. The highest BCUT2D eigenvalue weighted by atomic mass is 16.6.